The summed E-state index contributed by atoms with van der Waals surface area (Å²) in [4.78, 5) is 16.7. The number of carbonyl (C=O) groups excluding carboxylic acids is 1. The molecule has 25 heavy (non-hydrogen) atoms. The van der Waals surface area contributed by atoms with Gasteiger partial charge in [-0.25, -0.2) is 0 Å². The Morgan fingerprint density at radius 3 is 2.44 bits per heavy atom. The number of nitrogens with zero attached hydrogens (tertiary/aromatic N) is 1. The van der Waals surface area contributed by atoms with Crippen LogP contribution in [-0.4, -0.2) is 10.9 Å². The van der Waals surface area contributed by atoms with Gasteiger partial charge in [0.15, 0.2) is 0 Å². The maximum Gasteiger partial charge on any atom is 0.257 e. The summed E-state index contributed by atoms with van der Waals surface area (Å²) in [5.41, 5.74) is 6.44. The highest BCUT2D eigenvalue weighted by Crippen LogP contribution is 2.21. The van der Waals surface area contributed by atoms with Crippen LogP contribution >= 0.6 is 0 Å². The first kappa shape index (κ1) is 16.7. The van der Waals surface area contributed by atoms with Crippen molar-refractivity contribution in [3.8, 4) is 0 Å². The molecule has 1 aromatic heterocycles. The van der Waals surface area contributed by atoms with E-state index in [1.807, 2.05) is 63.2 Å². The number of aryl methyl sites for hydroxylation is 3. The van der Waals surface area contributed by atoms with Crippen molar-refractivity contribution in [3.05, 3.63) is 83.2 Å². The zero-order chi connectivity index (χ0) is 17.8. The van der Waals surface area contributed by atoms with Crippen LogP contribution in [0.5, 0.6) is 0 Å². The summed E-state index contributed by atoms with van der Waals surface area (Å²) in [6.07, 6.45) is 3.28. The van der Waals surface area contributed by atoms with Gasteiger partial charge in [0.25, 0.3) is 5.91 Å². The van der Waals surface area contributed by atoms with Crippen molar-refractivity contribution < 1.29 is 4.79 Å². The molecule has 126 valence electrons. The fourth-order valence-electron chi connectivity index (χ4n) is 2.65. The number of benzene rings is 2. The molecule has 0 bridgehead atoms. The van der Waals surface area contributed by atoms with E-state index < -0.39 is 0 Å². The lowest BCUT2D eigenvalue weighted by Crippen LogP contribution is -2.13. The standard InChI is InChI=1S/C21H21N3O/c1-14-8-9-20(16(3)10-14)24-21(25)17-11-18(13-22-12-17)23-19-7-5-4-6-15(19)2/h4-13,23H,1-3H3,(H,24,25). The van der Waals surface area contributed by atoms with E-state index in [1.165, 1.54) is 5.56 Å². The Balaban J connectivity index is 1.79. The van der Waals surface area contributed by atoms with Gasteiger partial charge in [-0.1, -0.05) is 35.9 Å². The van der Waals surface area contributed by atoms with E-state index in [2.05, 4.69) is 15.6 Å². The van der Waals surface area contributed by atoms with E-state index in [0.717, 1.165) is 28.2 Å². The predicted octanol–water partition coefficient (Wildman–Crippen LogP) is 5.00. The van der Waals surface area contributed by atoms with Crippen molar-refractivity contribution in [1.29, 1.82) is 0 Å². The second kappa shape index (κ2) is 7.18. The summed E-state index contributed by atoms with van der Waals surface area (Å²) in [7, 11) is 0. The van der Waals surface area contributed by atoms with Gasteiger partial charge in [-0.3, -0.25) is 9.78 Å². The van der Waals surface area contributed by atoms with Crippen molar-refractivity contribution in [2.24, 2.45) is 0 Å². The fraction of sp³-hybridized carbons (Fsp3) is 0.143. The Hall–Kier alpha value is -3.14. The molecule has 2 N–H and O–H groups in total. The molecule has 0 radical (unpaired) electrons. The number of hydrogen-bond acceptors (Lipinski definition) is 3. The van der Waals surface area contributed by atoms with Crippen molar-refractivity contribution in [2.45, 2.75) is 20.8 Å². The minimum atomic E-state index is -0.173. The average Bonchev–Trinajstić information content (AvgIpc) is 2.60. The molecule has 0 unspecified atom stereocenters. The van der Waals surface area contributed by atoms with Crippen LogP contribution in [0.1, 0.15) is 27.0 Å². The van der Waals surface area contributed by atoms with E-state index in [0.29, 0.717) is 5.56 Å². The molecule has 2 aromatic carbocycles. The van der Waals surface area contributed by atoms with Crippen molar-refractivity contribution in [1.82, 2.24) is 4.98 Å². The molecule has 4 heteroatoms. The molecular weight excluding hydrogens is 310 g/mol. The zero-order valence-corrected chi connectivity index (χ0v) is 14.6. The van der Waals surface area contributed by atoms with Gasteiger partial charge >= 0.3 is 0 Å². The molecule has 0 saturated carbocycles. The molecule has 3 aromatic rings. The Kier molecular flexibility index (Phi) is 4.80. The first-order chi connectivity index (χ1) is 12.0. The van der Waals surface area contributed by atoms with Gasteiger partial charge in [0.1, 0.15) is 0 Å². The molecule has 0 atom stereocenters. The van der Waals surface area contributed by atoms with Gasteiger partial charge in [-0.2, -0.15) is 0 Å². The predicted molar refractivity (Wildman–Crippen MR) is 103 cm³/mol. The summed E-state index contributed by atoms with van der Waals surface area (Å²) >= 11 is 0. The third-order valence-corrected chi connectivity index (χ3v) is 4.05. The number of rotatable bonds is 4. The van der Waals surface area contributed by atoms with Crippen LogP contribution in [0.25, 0.3) is 0 Å². The fourth-order valence-corrected chi connectivity index (χ4v) is 2.65. The van der Waals surface area contributed by atoms with E-state index in [9.17, 15) is 4.79 Å². The third kappa shape index (κ3) is 4.04. The smallest absolute Gasteiger partial charge is 0.257 e. The molecule has 0 spiro atoms. The molecule has 0 saturated heterocycles. The number of aromatic nitrogens is 1. The van der Waals surface area contributed by atoms with Gasteiger partial charge in [-0.05, 0) is 50.1 Å². The largest absolute Gasteiger partial charge is 0.354 e. The summed E-state index contributed by atoms with van der Waals surface area (Å²) in [6.45, 7) is 6.05. The highest BCUT2D eigenvalue weighted by atomic mass is 16.1. The summed E-state index contributed by atoms with van der Waals surface area (Å²) < 4.78 is 0. The van der Waals surface area contributed by atoms with Gasteiger partial charge < -0.3 is 10.6 Å². The molecule has 4 nitrogen and oxygen atoms in total. The minimum Gasteiger partial charge on any atom is -0.354 e. The molecule has 1 heterocycles. The second-order valence-corrected chi connectivity index (χ2v) is 6.17. The number of carbonyl (C=O) groups is 1. The van der Waals surface area contributed by atoms with E-state index in [4.69, 9.17) is 0 Å². The van der Waals surface area contributed by atoms with E-state index in [1.54, 1.807) is 18.5 Å². The van der Waals surface area contributed by atoms with E-state index in [-0.39, 0.29) is 5.91 Å². The number of pyridine rings is 1. The van der Waals surface area contributed by atoms with Crippen LogP contribution in [0.2, 0.25) is 0 Å². The first-order valence-corrected chi connectivity index (χ1v) is 8.19. The monoisotopic (exact) mass is 331 g/mol. The Bertz CT molecular complexity index is 919. The van der Waals surface area contributed by atoms with Gasteiger partial charge in [0, 0.05) is 17.6 Å². The van der Waals surface area contributed by atoms with Crippen LogP contribution < -0.4 is 10.6 Å². The maximum absolute atomic E-state index is 12.5. The molecule has 0 fully saturated rings. The third-order valence-electron chi connectivity index (χ3n) is 4.05. The summed E-state index contributed by atoms with van der Waals surface area (Å²) in [5.74, 6) is -0.173. The Labute approximate surface area is 147 Å². The van der Waals surface area contributed by atoms with Crippen molar-refractivity contribution in [2.75, 3.05) is 10.6 Å². The van der Waals surface area contributed by atoms with Crippen LogP contribution in [0.3, 0.4) is 0 Å². The van der Waals surface area contributed by atoms with Crippen molar-refractivity contribution >= 4 is 23.0 Å². The van der Waals surface area contributed by atoms with Gasteiger partial charge in [-0.15, -0.1) is 0 Å². The second-order valence-electron chi connectivity index (χ2n) is 6.17. The highest BCUT2D eigenvalue weighted by Gasteiger charge is 2.09. The molecule has 0 aliphatic carbocycles. The number of hydrogen-bond donors (Lipinski definition) is 2. The first-order valence-electron chi connectivity index (χ1n) is 8.19. The molecule has 0 aliphatic rings. The van der Waals surface area contributed by atoms with Crippen molar-refractivity contribution in [3.63, 3.8) is 0 Å². The lowest BCUT2D eigenvalue weighted by atomic mass is 10.1. The molecular formula is C21H21N3O. The zero-order valence-electron chi connectivity index (χ0n) is 14.6. The van der Waals surface area contributed by atoms with Crippen LogP contribution in [0.4, 0.5) is 17.1 Å². The SMILES string of the molecule is Cc1ccc(NC(=O)c2cncc(Nc3ccccc3C)c2)c(C)c1. The lowest BCUT2D eigenvalue weighted by molar-refractivity contribution is 0.102. The quantitative estimate of drug-likeness (QED) is 0.707. The number of para-hydroxylation sites is 1. The summed E-state index contributed by atoms with van der Waals surface area (Å²) in [6, 6.07) is 15.8. The topological polar surface area (TPSA) is 54.0 Å². The number of anilines is 3. The summed E-state index contributed by atoms with van der Waals surface area (Å²) in [5, 5.41) is 6.26. The lowest BCUT2D eigenvalue weighted by Gasteiger charge is -2.11. The van der Waals surface area contributed by atoms with E-state index >= 15 is 0 Å². The normalized spacial score (nSPS) is 10.4. The minimum absolute atomic E-state index is 0.173. The Morgan fingerprint density at radius 1 is 0.880 bits per heavy atom. The maximum atomic E-state index is 12.5. The van der Waals surface area contributed by atoms with Gasteiger partial charge in [0.05, 0.1) is 17.4 Å². The van der Waals surface area contributed by atoms with Crippen LogP contribution in [0, 0.1) is 20.8 Å². The molecule has 1 amide bonds. The average molecular weight is 331 g/mol. The molecule has 3 rings (SSSR count). The number of nitrogens with one attached hydrogen (secondary N) is 2. The number of amides is 1. The molecule has 0 aliphatic heterocycles. The highest BCUT2D eigenvalue weighted by molar-refractivity contribution is 6.05. The van der Waals surface area contributed by atoms with Gasteiger partial charge in [0.2, 0.25) is 0 Å². The van der Waals surface area contributed by atoms with Crippen LogP contribution in [-0.2, 0) is 0 Å². The Morgan fingerprint density at radius 2 is 1.68 bits per heavy atom. The van der Waals surface area contributed by atoms with Crippen LogP contribution in [0.15, 0.2) is 60.9 Å².